The Morgan fingerprint density at radius 1 is 0.833 bits per heavy atom. The molecule has 0 N–H and O–H groups in total. The van der Waals surface area contributed by atoms with Crippen LogP contribution in [0.1, 0.15) is 0 Å². The maximum Gasteiger partial charge on any atom is 0.123 e. The van der Waals surface area contributed by atoms with Crippen LogP contribution in [0.25, 0.3) is 0 Å². The van der Waals surface area contributed by atoms with E-state index in [1.54, 1.807) is 0 Å². The molecule has 0 aromatic heterocycles. The summed E-state index contributed by atoms with van der Waals surface area (Å²) in [5, 5.41) is 0. The van der Waals surface area contributed by atoms with Crippen molar-refractivity contribution in [1.82, 2.24) is 0 Å². The van der Waals surface area contributed by atoms with Crippen molar-refractivity contribution < 1.29 is 4.12 Å². The highest BCUT2D eigenvalue weighted by molar-refractivity contribution is 7.55. The van der Waals surface area contributed by atoms with Crippen molar-refractivity contribution in [2.24, 2.45) is 0 Å². The van der Waals surface area contributed by atoms with Crippen molar-refractivity contribution in [2.45, 2.75) is 0 Å². The van der Waals surface area contributed by atoms with Gasteiger partial charge < -0.3 is 4.12 Å². The molecule has 1 rings (SSSR count). The molecule has 6 heavy (non-hydrogen) atoms. The van der Waals surface area contributed by atoms with E-state index >= 15 is 0 Å². The van der Waals surface area contributed by atoms with E-state index in [0.29, 0.717) is 35.7 Å². The number of rotatable bonds is 0. The molecule has 0 atom stereocenters. The van der Waals surface area contributed by atoms with E-state index in [2.05, 4.69) is 0 Å². The standard InChI is InChI=1S/H10OSi5/c1-2-4-6-5-3-1/h2-6H2. The summed E-state index contributed by atoms with van der Waals surface area (Å²) in [6, 6.07) is 0. The summed E-state index contributed by atoms with van der Waals surface area (Å²) < 4.78 is 5.51. The quantitative estimate of drug-likeness (QED) is 0.329. The third kappa shape index (κ3) is 1.66. The normalized spacial score (nSPS) is 44.0. The monoisotopic (exact) mass is 166 g/mol. The van der Waals surface area contributed by atoms with Crippen LogP contribution in [0, 0.1) is 0 Å². The lowest BCUT2D eigenvalue weighted by atomic mass is 15.8. The zero-order valence-electron chi connectivity index (χ0n) is 3.94. The molecule has 0 unspecified atom stereocenters. The van der Waals surface area contributed by atoms with Gasteiger partial charge in [-0.15, -0.1) is 0 Å². The predicted octanol–water partition coefficient (Wildman–Crippen LogP) is -4.65. The van der Waals surface area contributed by atoms with Crippen molar-refractivity contribution in [3.8, 4) is 0 Å². The Hall–Kier alpha value is 1.04. The van der Waals surface area contributed by atoms with Crippen LogP contribution in [0.15, 0.2) is 0 Å². The van der Waals surface area contributed by atoms with Crippen LogP contribution in [-0.4, -0.2) is 44.2 Å². The van der Waals surface area contributed by atoms with E-state index in [-0.39, 0.29) is 0 Å². The first-order valence-electron chi connectivity index (χ1n) is 2.58. The van der Waals surface area contributed by atoms with Crippen molar-refractivity contribution in [2.75, 3.05) is 0 Å². The molecule has 1 nitrogen and oxygen atoms in total. The first kappa shape index (κ1) is 5.19. The van der Waals surface area contributed by atoms with Crippen LogP contribution >= 0.6 is 0 Å². The maximum atomic E-state index is 5.51. The first-order valence-corrected chi connectivity index (χ1v) is 19.7. The smallest absolute Gasteiger partial charge is 0.123 e. The Bertz CT molecular complexity index is 19.4. The molecule has 0 saturated carbocycles. The zero-order chi connectivity index (χ0) is 4.24. The fourth-order valence-corrected chi connectivity index (χ4v) is 84.3. The summed E-state index contributed by atoms with van der Waals surface area (Å²) in [7, 11) is 2.72. The molecule has 1 aliphatic heterocycles. The highest BCUT2D eigenvalue weighted by Crippen LogP contribution is 1.68. The number of hydrogen-bond acceptors (Lipinski definition) is 1. The first-order chi connectivity index (χ1) is 3.00. The molecule has 0 amide bonds. The summed E-state index contributed by atoms with van der Waals surface area (Å²) in [5.41, 5.74) is 0. The third-order valence-electron chi connectivity index (χ3n) is 1.08. The van der Waals surface area contributed by atoms with Gasteiger partial charge in [0.25, 0.3) is 0 Å². The molecule has 1 fully saturated rings. The van der Waals surface area contributed by atoms with Gasteiger partial charge in [0.1, 0.15) is 18.6 Å². The van der Waals surface area contributed by atoms with Crippen molar-refractivity contribution in [3.63, 3.8) is 0 Å². The highest BCUT2D eigenvalue weighted by Gasteiger charge is 1.99. The predicted molar refractivity (Wildman–Crippen MR) is 43.8 cm³/mol. The van der Waals surface area contributed by atoms with Gasteiger partial charge in [-0.3, -0.25) is 0 Å². The van der Waals surface area contributed by atoms with Gasteiger partial charge in [-0.05, 0) is 8.55 Å². The molecule has 0 aromatic rings. The summed E-state index contributed by atoms with van der Waals surface area (Å²) in [4.78, 5) is 0. The molecule has 1 heterocycles. The van der Waals surface area contributed by atoms with Gasteiger partial charge in [-0.25, -0.2) is 0 Å². The lowest BCUT2D eigenvalue weighted by Crippen LogP contribution is -2.33. The zero-order valence-corrected chi connectivity index (χ0v) is 11.0. The minimum atomic E-state index is 0.306. The van der Waals surface area contributed by atoms with Gasteiger partial charge in [-0.1, -0.05) is 0 Å². The van der Waals surface area contributed by atoms with Gasteiger partial charge in [0, 0.05) is 17.1 Å². The van der Waals surface area contributed by atoms with E-state index in [1.165, 1.54) is 0 Å². The van der Waals surface area contributed by atoms with Crippen LogP contribution in [0.4, 0.5) is 0 Å². The second kappa shape index (κ2) is 3.10. The lowest BCUT2D eigenvalue weighted by molar-refractivity contribution is 0.674. The topological polar surface area (TPSA) is 9.23 Å². The molecule has 0 aromatic carbocycles. The Morgan fingerprint density at radius 2 is 1.50 bits per heavy atom. The second-order valence-corrected chi connectivity index (χ2v) is 34.1. The Balaban J connectivity index is 2.00. The molecule has 1 saturated heterocycles. The third-order valence-corrected chi connectivity index (χ3v) is 56.1. The second-order valence-electron chi connectivity index (χ2n) is 1.67. The Morgan fingerprint density at radius 3 is 1.67 bits per heavy atom. The van der Waals surface area contributed by atoms with Gasteiger partial charge in [0.05, 0.1) is 0 Å². The fraction of sp³-hybridized carbons (Fsp3) is 0. The van der Waals surface area contributed by atoms with Gasteiger partial charge >= 0.3 is 0 Å². The number of hydrogen-bond donors (Lipinski definition) is 0. The molecule has 0 bridgehead atoms. The molecule has 0 radical (unpaired) electrons. The molecular weight excluding hydrogens is 156 g/mol. The van der Waals surface area contributed by atoms with E-state index in [4.69, 9.17) is 4.12 Å². The van der Waals surface area contributed by atoms with Crippen molar-refractivity contribution in [1.29, 1.82) is 0 Å². The van der Waals surface area contributed by atoms with E-state index in [0.717, 1.165) is 8.55 Å². The Kier molecular flexibility index (Phi) is 2.68. The van der Waals surface area contributed by atoms with Crippen LogP contribution in [0.5, 0.6) is 0 Å². The average molecular weight is 167 g/mol. The van der Waals surface area contributed by atoms with E-state index < -0.39 is 0 Å². The lowest BCUT2D eigenvalue weighted by Gasteiger charge is -2.05. The molecule has 6 heteroatoms. The highest BCUT2D eigenvalue weighted by atomic mass is 29.8. The van der Waals surface area contributed by atoms with Gasteiger partial charge in [-0.2, -0.15) is 0 Å². The fourth-order valence-electron chi connectivity index (χ4n) is 0.687. The van der Waals surface area contributed by atoms with Crippen LogP contribution in [-0.2, 0) is 4.12 Å². The SMILES string of the molecule is O1[SiH2][SiH2][SiH2][SiH2][SiH2]1. The summed E-state index contributed by atoms with van der Waals surface area (Å²) in [5.74, 6) is 0. The summed E-state index contributed by atoms with van der Waals surface area (Å²) in [6.45, 7) is 0. The van der Waals surface area contributed by atoms with E-state index in [1.807, 2.05) is 0 Å². The van der Waals surface area contributed by atoms with Crippen LogP contribution in [0.2, 0.25) is 0 Å². The average Bonchev–Trinajstić information content (AvgIpc) is 1.72. The minimum absolute atomic E-state index is 0.306. The summed E-state index contributed by atoms with van der Waals surface area (Å²) in [6.07, 6.45) is 0. The Labute approximate surface area is 48.8 Å². The molecule has 36 valence electrons. The van der Waals surface area contributed by atoms with Crippen molar-refractivity contribution >= 4 is 44.2 Å². The molecular formula is H10OSi5. The largest absolute Gasteiger partial charge is 0.472 e. The molecule has 0 spiro atoms. The summed E-state index contributed by atoms with van der Waals surface area (Å²) >= 11 is 0. The molecule has 0 aliphatic carbocycles. The molecule has 1 aliphatic rings. The van der Waals surface area contributed by atoms with Gasteiger partial charge in [0.15, 0.2) is 0 Å². The van der Waals surface area contributed by atoms with Crippen LogP contribution < -0.4 is 0 Å². The minimum Gasteiger partial charge on any atom is -0.472 e. The van der Waals surface area contributed by atoms with E-state index in [9.17, 15) is 0 Å². The van der Waals surface area contributed by atoms with Crippen molar-refractivity contribution in [3.05, 3.63) is 0 Å². The van der Waals surface area contributed by atoms with Crippen LogP contribution in [0.3, 0.4) is 0 Å². The maximum absolute atomic E-state index is 5.51. The van der Waals surface area contributed by atoms with Gasteiger partial charge in [0.2, 0.25) is 0 Å².